The molecule has 1 aliphatic rings. The maximum Gasteiger partial charge on any atom is 0.417 e. The molecule has 28 heavy (non-hydrogen) atoms. The fourth-order valence-corrected chi connectivity index (χ4v) is 3.55. The number of pyridine rings is 1. The van der Waals surface area contributed by atoms with E-state index in [1.165, 1.54) is 11.0 Å². The van der Waals surface area contributed by atoms with Crippen LogP contribution in [0.4, 0.5) is 18.9 Å². The maximum absolute atomic E-state index is 13.2. The van der Waals surface area contributed by atoms with Crippen LogP contribution in [-0.2, 0) is 6.18 Å². The number of amides is 1. The number of alkyl halides is 3. The molecule has 1 aliphatic heterocycles. The first-order valence-electron chi connectivity index (χ1n) is 8.44. The zero-order valence-electron chi connectivity index (χ0n) is 14.6. The SMILES string of the molecule is C[C@H]1CN(c2ccc(Cl)c(C(F)(F)F)c2)C(=O)c2c(-c3ccncc3)cnn21. The number of carbonyl (C=O) groups excluding carboxylic acids is 1. The Morgan fingerprint density at radius 3 is 2.57 bits per heavy atom. The van der Waals surface area contributed by atoms with Crippen LogP contribution >= 0.6 is 11.6 Å². The Balaban J connectivity index is 1.80. The Labute approximate surface area is 163 Å². The first kappa shape index (κ1) is 18.5. The fraction of sp³-hybridized carbons (Fsp3) is 0.211. The molecule has 0 fully saturated rings. The van der Waals surface area contributed by atoms with E-state index in [1.807, 2.05) is 6.92 Å². The van der Waals surface area contributed by atoms with Crippen LogP contribution in [0.3, 0.4) is 0 Å². The lowest BCUT2D eigenvalue weighted by Gasteiger charge is -2.32. The van der Waals surface area contributed by atoms with Gasteiger partial charge < -0.3 is 4.90 Å². The molecule has 0 saturated heterocycles. The zero-order chi connectivity index (χ0) is 20.1. The average Bonchev–Trinajstić information content (AvgIpc) is 3.11. The molecule has 1 amide bonds. The van der Waals surface area contributed by atoms with E-state index >= 15 is 0 Å². The van der Waals surface area contributed by atoms with Gasteiger partial charge in [0.2, 0.25) is 0 Å². The van der Waals surface area contributed by atoms with E-state index in [0.717, 1.165) is 17.7 Å². The van der Waals surface area contributed by atoms with Gasteiger partial charge in [0, 0.05) is 30.2 Å². The normalized spacial score (nSPS) is 17.0. The number of anilines is 1. The molecule has 0 N–H and O–H groups in total. The molecule has 1 aromatic carbocycles. The minimum Gasteiger partial charge on any atom is -0.305 e. The van der Waals surface area contributed by atoms with E-state index in [2.05, 4.69) is 10.1 Å². The predicted molar refractivity (Wildman–Crippen MR) is 98.3 cm³/mol. The third-order valence-corrected chi connectivity index (χ3v) is 5.00. The summed E-state index contributed by atoms with van der Waals surface area (Å²) in [6.45, 7) is 2.05. The molecule has 3 heterocycles. The van der Waals surface area contributed by atoms with Crippen LogP contribution in [-0.4, -0.2) is 27.2 Å². The molecule has 5 nitrogen and oxygen atoms in total. The number of carbonyl (C=O) groups is 1. The highest BCUT2D eigenvalue weighted by Crippen LogP contribution is 2.39. The van der Waals surface area contributed by atoms with Crippen molar-refractivity contribution in [2.24, 2.45) is 0 Å². The Bertz CT molecular complexity index is 1050. The van der Waals surface area contributed by atoms with Crippen molar-refractivity contribution in [3.8, 4) is 11.1 Å². The highest BCUT2D eigenvalue weighted by Gasteiger charge is 2.37. The van der Waals surface area contributed by atoms with Gasteiger partial charge in [0.15, 0.2) is 0 Å². The van der Waals surface area contributed by atoms with Crippen molar-refractivity contribution < 1.29 is 18.0 Å². The molecule has 1 atom stereocenters. The van der Waals surface area contributed by atoms with E-state index < -0.39 is 22.7 Å². The summed E-state index contributed by atoms with van der Waals surface area (Å²) in [7, 11) is 0. The van der Waals surface area contributed by atoms with E-state index in [-0.39, 0.29) is 18.3 Å². The lowest BCUT2D eigenvalue weighted by molar-refractivity contribution is -0.137. The summed E-state index contributed by atoms with van der Waals surface area (Å²) >= 11 is 5.71. The van der Waals surface area contributed by atoms with E-state index in [0.29, 0.717) is 11.3 Å². The van der Waals surface area contributed by atoms with E-state index in [1.54, 1.807) is 35.4 Å². The molecular formula is C19H14ClF3N4O. The summed E-state index contributed by atoms with van der Waals surface area (Å²) in [4.78, 5) is 18.5. The average molecular weight is 407 g/mol. The number of fused-ring (bicyclic) bond motifs is 1. The minimum absolute atomic E-state index is 0.140. The summed E-state index contributed by atoms with van der Waals surface area (Å²) in [5.41, 5.74) is 0.857. The number of nitrogens with zero attached hydrogens (tertiary/aromatic N) is 4. The van der Waals surface area contributed by atoms with Crippen LogP contribution in [0.15, 0.2) is 48.9 Å². The van der Waals surface area contributed by atoms with Crippen LogP contribution < -0.4 is 4.90 Å². The molecule has 0 saturated carbocycles. The van der Waals surface area contributed by atoms with Crippen molar-refractivity contribution in [1.29, 1.82) is 0 Å². The fourth-order valence-electron chi connectivity index (χ4n) is 3.33. The Morgan fingerprint density at radius 2 is 1.89 bits per heavy atom. The van der Waals surface area contributed by atoms with Crippen molar-refractivity contribution in [1.82, 2.24) is 14.8 Å². The third-order valence-electron chi connectivity index (χ3n) is 4.67. The van der Waals surface area contributed by atoms with Crippen molar-refractivity contribution in [3.05, 3.63) is 65.2 Å². The Hall–Kier alpha value is -2.87. The van der Waals surface area contributed by atoms with Crippen LogP contribution in [0.25, 0.3) is 11.1 Å². The van der Waals surface area contributed by atoms with Gasteiger partial charge in [-0.3, -0.25) is 14.5 Å². The van der Waals surface area contributed by atoms with Crippen LogP contribution in [0.5, 0.6) is 0 Å². The van der Waals surface area contributed by atoms with Crippen molar-refractivity contribution in [2.75, 3.05) is 11.4 Å². The van der Waals surface area contributed by atoms with Crippen LogP contribution in [0.1, 0.15) is 29.0 Å². The molecule has 0 spiro atoms. The first-order valence-corrected chi connectivity index (χ1v) is 8.81. The lowest BCUT2D eigenvalue weighted by Crippen LogP contribution is -2.43. The van der Waals surface area contributed by atoms with Crippen molar-refractivity contribution >= 4 is 23.2 Å². The third kappa shape index (κ3) is 3.03. The number of rotatable bonds is 2. The van der Waals surface area contributed by atoms with Gasteiger partial charge in [0.05, 0.1) is 22.8 Å². The quantitative estimate of drug-likeness (QED) is 0.612. The molecular weight excluding hydrogens is 393 g/mol. The maximum atomic E-state index is 13.2. The van der Waals surface area contributed by atoms with Crippen LogP contribution in [0.2, 0.25) is 5.02 Å². The second-order valence-corrected chi connectivity index (χ2v) is 6.92. The van der Waals surface area contributed by atoms with Gasteiger partial charge >= 0.3 is 6.18 Å². The van der Waals surface area contributed by atoms with Gasteiger partial charge in [-0.15, -0.1) is 0 Å². The van der Waals surface area contributed by atoms with Crippen molar-refractivity contribution in [3.63, 3.8) is 0 Å². The van der Waals surface area contributed by atoms with Gasteiger partial charge in [-0.05, 0) is 42.8 Å². The smallest absolute Gasteiger partial charge is 0.305 e. The summed E-state index contributed by atoms with van der Waals surface area (Å²) in [6, 6.07) is 6.77. The van der Waals surface area contributed by atoms with E-state index in [9.17, 15) is 18.0 Å². The number of aromatic nitrogens is 3. The molecule has 0 radical (unpaired) electrons. The van der Waals surface area contributed by atoms with Gasteiger partial charge in [-0.25, -0.2) is 0 Å². The van der Waals surface area contributed by atoms with Gasteiger partial charge in [-0.1, -0.05) is 11.6 Å². The summed E-state index contributed by atoms with van der Waals surface area (Å²) in [5.74, 6) is -0.419. The second kappa shape index (κ2) is 6.63. The number of hydrogen-bond acceptors (Lipinski definition) is 3. The lowest BCUT2D eigenvalue weighted by atomic mass is 10.0. The predicted octanol–water partition coefficient (Wildman–Crippen LogP) is 4.84. The van der Waals surface area contributed by atoms with Gasteiger partial charge in [-0.2, -0.15) is 18.3 Å². The molecule has 0 unspecified atom stereocenters. The largest absolute Gasteiger partial charge is 0.417 e. The number of benzene rings is 1. The van der Waals surface area contributed by atoms with E-state index in [4.69, 9.17) is 11.6 Å². The second-order valence-electron chi connectivity index (χ2n) is 6.51. The van der Waals surface area contributed by atoms with Crippen molar-refractivity contribution in [2.45, 2.75) is 19.1 Å². The number of hydrogen-bond donors (Lipinski definition) is 0. The number of halogens is 4. The summed E-state index contributed by atoms with van der Waals surface area (Å²) in [5, 5.41) is 3.90. The van der Waals surface area contributed by atoms with Gasteiger partial charge in [0.1, 0.15) is 5.69 Å². The molecule has 9 heteroatoms. The standard InChI is InChI=1S/C19H14ClF3N4O/c1-11-10-26(13-2-3-16(20)15(8-13)19(21,22)23)18(28)17-14(9-25-27(11)17)12-4-6-24-7-5-12/h2-9,11H,10H2,1H3/t11-/m0/s1. The highest BCUT2D eigenvalue weighted by molar-refractivity contribution is 6.31. The summed E-state index contributed by atoms with van der Waals surface area (Å²) < 4.78 is 41.3. The highest BCUT2D eigenvalue weighted by atomic mass is 35.5. The van der Waals surface area contributed by atoms with Crippen LogP contribution in [0, 0.1) is 0 Å². The monoisotopic (exact) mass is 406 g/mol. The molecule has 2 aromatic heterocycles. The summed E-state index contributed by atoms with van der Waals surface area (Å²) in [6.07, 6.45) is 0.179. The topological polar surface area (TPSA) is 51.0 Å². The Kier molecular flexibility index (Phi) is 4.38. The minimum atomic E-state index is -4.61. The Morgan fingerprint density at radius 1 is 1.18 bits per heavy atom. The van der Waals surface area contributed by atoms with Gasteiger partial charge in [0.25, 0.3) is 5.91 Å². The molecule has 0 aliphatic carbocycles. The molecule has 4 rings (SSSR count). The zero-order valence-corrected chi connectivity index (χ0v) is 15.4. The molecule has 3 aromatic rings. The molecule has 0 bridgehead atoms. The first-order chi connectivity index (χ1) is 13.3. The molecule has 144 valence electrons.